The Morgan fingerprint density at radius 2 is 2.50 bits per heavy atom. The molecule has 0 bridgehead atoms. The molecule has 0 aliphatic carbocycles. The number of pyridine rings is 1. The maximum atomic E-state index is 12.7. The van der Waals surface area contributed by atoms with Crippen molar-refractivity contribution < 1.29 is 4.39 Å². The maximum absolute atomic E-state index is 12.7. The predicted octanol–water partition coefficient (Wildman–Crippen LogP) is 1.65. The fraction of sp³-hybridized carbons (Fsp3) is 0.444. The summed E-state index contributed by atoms with van der Waals surface area (Å²) in [4.78, 5) is 3.52. The van der Waals surface area contributed by atoms with Gasteiger partial charge in [-0.25, -0.2) is 4.98 Å². The minimum Gasteiger partial charge on any atom is -0.310 e. The van der Waals surface area contributed by atoms with Crippen LogP contribution in [0.2, 0.25) is 0 Å². The standard InChI is InChI=1S/C9H11FN2/c10-9-6-7(3-5-12-9)8-2-1-4-11-8/h3,5-6,8,11H,1-2,4H2. The largest absolute Gasteiger partial charge is 0.310 e. The molecule has 1 saturated heterocycles. The fourth-order valence-corrected chi connectivity index (χ4v) is 1.60. The molecule has 1 aromatic rings. The summed E-state index contributed by atoms with van der Waals surface area (Å²) >= 11 is 0. The number of aromatic nitrogens is 1. The molecule has 1 aliphatic heterocycles. The third kappa shape index (κ3) is 1.46. The lowest BCUT2D eigenvalue weighted by atomic mass is 10.1. The summed E-state index contributed by atoms with van der Waals surface area (Å²) in [5, 5.41) is 3.31. The van der Waals surface area contributed by atoms with Gasteiger partial charge in [0.1, 0.15) is 0 Å². The second-order valence-corrected chi connectivity index (χ2v) is 3.06. The Morgan fingerprint density at radius 1 is 1.58 bits per heavy atom. The third-order valence-electron chi connectivity index (χ3n) is 2.21. The maximum Gasteiger partial charge on any atom is 0.213 e. The van der Waals surface area contributed by atoms with E-state index in [9.17, 15) is 4.39 Å². The lowest BCUT2D eigenvalue weighted by molar-refractivity contribution is 0.570. The van der Waals surface area contributed by atoms with Gasteiger partial charge in [-0.2, -0.15) is 4.39 Å². The number of hydrogen-bond acceptors (Lipinski definition) is 2. The molecule has 1 N–H and O–H groups in total. The summed E-state index contributed by atoms with van der Waals surface area (Å²) < 4.78 is 12.7. The molecular formula is C9H11FN2. The number of rotatable bonds is 1. The Bertz CT molecular complexity index is 269. The lowest BCUT2D eigenvalue weighted by Gasteiger charge is -2.09. The van der Waals surface area contributed by atoms with Gasteiger partial charge in [-0.1, -0.05) is 0 Å². The highest BCUT2D eigenvalue weighted by Crippen LogP contribution is 2.22. The van der Waals surface area contributed by atoms with E-state index in [0.29, 0.717) is 6.04 Å². The number of halogens is 1. The van der Waals surface area contributed by atoms with Crippen molar-refractivity contribution >= 4 is 0 Å². The van der Waals surface area contributed by atoms with Crippen LogP contribution in [0.1, 0.15) is 24.4 Å². The molecule has 64 valence electrons. The van der Waals surface area contributed by atoms with Crippen molar-refractivity contribution in [2.45, 2.75) is 18.9 Å². The van der Waals surface area contributed by atoms with E-state index in [-0.39, 0.29) is 5.95 Å². The monoisotopic (exact) mass is 166 g/mol. The van der Waals surface area contributed by atoms with Gasteiger partial charge in [-0.3, -0.25) is 0 Å². The van der Waals surface area contributed by atoms with E-state index < -0.39 is 0 Å². The second-order valence-electron chi connectivity index (χ2n) is 3.06. The summed E-state index contributed by atoms with van der Waals surface area (Å²) in [7, 11) is 0. The van der Waals surface area contributed by atoms with Crippen LogP contribution in [0.3, 0.4) is 0 Å². The molecule has 0 spiro atoms. The van der Waals surface area contributed by atoms with Crippen molar-refractivity contribution in [3.05, 3.63) is 29.8 Å². The van der Waals surface area contributed by atoms with Crippen LogP contribution in [-0.2, 0) is 0 Å². The molecular weight excluding hydrogens is 155 g/mol. The van der Waals surface area contributed by atoms with Gasteiger partial charge in [0.05, 0.1) is 0 Å². The van der Waals surface area contributed by atoms with Crippen molar-refractivity contribution in [3.63, 3.8) is 0 Å². The van der Waals surface area contributed by atoms with Crippen molar-refractivity contribution in [1.29, 1.82) is 0 Å². The van der Waals surface area contributed by atoms with Gasteiger partial charge in [0.2, 0.25) is 5.95 Å². The quantitative estimate of drug-likeness (QED) is 0.641. The van der Waals surface area contributed by atoms with Crippen LogP contribution in [-0.4, -0.2) is 11.5 Å². The topological polar surface area (TPSA) is 24.9 Å². The van der Waals surface area contributed by atoms with Gasteiger partial charge in [-0.15, -0.1) is 0 Å². The van der Waals surface area contributed by atoms with Crippen molar-refractivity contribution in [2.24, 2.45) is 0 Å². The highest BCUT2D eigenvalue weighted by Gasteiger charge is 2.16. The summed E-state index contributed by atoms with van der Waals surface area (Å²) in [6.45, 7) is 1.04. The van der Waals surface area contributed by atoms with Crippen LogP contribution < -0.4 is 5.32 Å². The first-order valence-electron chi connectivity index (χ1n) is 4.21. The van der Waals surface area contributed by atoms with E-state index in [1.54, 1.807) is 0 Å². The average Bonchev–Trinajstić information content (AvgIpc) is 2.56. The van der Waals surface area contributed by atoms with Gasteiger partial charge < -0.3 is 5.32 Å². The normalized spacial score (nSPS) is 22.9. The molecule has 2 heterocycles. The van der Waals surface area contributed by atoms with Gasteiger partial charge >= 0.3 is 0 Å². The van der Waals surface area contributed by atoms with E-state index >= 15 is 0 Å². The zero-order valence-electron chi connectivity index (χ0n) is 6.76. The molecule has 0 saturated carbocycles. The Hall–Kier alpha value is -0.960. The number of nitrogens with one attached hydrogen (secondary N) is 1. The summed E-state index contributed by atoms with van der Waals surface area (Å²) in [5.41, 5.74) is 1.01. The summed E-state index contributed by atoms with van der Waals surface area (Å²) in [6.07, 6.45) is 3.79. The molecule has 0 aromatic carbocycles. The summed E-state index contributed by atoms with van der Waals surface area (Å²) in [5.74, 6) is -0.388. The molecule has 1 unspecified atom stereocenters. The lowest BCUT2D eigenvalue weighted by Crippen LogP contribution is -2.12. The molecule has 2 rings (SSSR count). The molecule has 2 nitrogen and oxygen atoms in total. The fourth-order valence-electron chi connectivity index (χ4n) is 1.60. The molecule has 1 aliphatic rings. The Labute approximate surface area is 70.8 Å². The van der Waals surface area contributed by atoms with Crippen LogP contribution in [0.5, 0.6) is 0 Å². The average molecular weight is 166 g/mol. The van der Waals surface area contributed by atoms with E-state index in [1.807, 2.05) is 6.07 Å². The van der Waals surface area contributed by atoms with Crippen LogP contribution in [0, 0.1) is 5.95 Å². The second kappa shape index (κ2) is 3.19. The van der Waals surface area contributed by atoms with Crippen LogP contribution >= 0.6 is 0 Å². The Morgan fingerprint density at radius 3 is 3.17 bits per heavy atom. The van der Waals surface area contributed by atoms with Gasteiger partial charge in [-0.05, 0) is 37.1 Å². The van der Waals surface area contributed by atoms with Gasteiger partial charge in [0, 0.05) is 12.2 Å². The molecule has 12 heavy (non-hydrogen) atoms. The van der Waals surface area contributed by atoms with Gasteiger partial charge in [0.15, 0.2) is 0 Å². The SMILES string of the molecule is Fc1cc(C2CCCN2)ccn1. The van der Waals surface area contributed by atoms with Crippen LogP contribution in [0.15, 0.2) is 18.3 Å². The van der Waals surface area contributed by atoms with Gasteiger partial charge in [0.25, 0.3) is 0 Å². The van der Waals surface area contributed by atoms with E-state index in [0.717, 1.165) is 18.5 Å². The molecule has 1 atom stereocenters. The first kappa shape index (κ1) is 7.68. The van der Waals surface area contributed by atoms with E-state index in [4.69, 9.17) is 0 Å². The zero-order chi connectivity index (χ0) is 8.39. The van der Waals surface area contributed by atoms with Crippen molar-refractivity contribution in [1.82, 2.24) is 10.3 Å². The van der Waals surface area contributed by atoms with Crippen molar-refractivity contribution in [2.75, 3.05) is 6.54 Å². The minimum absolute atomic E-state index is 0.336. The Kier molecular flexibility index (Phi) is 2.04. The third-order valence-corrected chi connectivity index (χ3v) is 2.21. The highest BCUT2D eigenvalue weighted by molar-refractivity contribution is 5.16. The van der Waals surface area contributed by atoms with Crippen LogP contribution in [0.25, 0.3) is 0 Å². The molecule has 3 heteroatoms. The molecule has 1 aromatic heterocycles. The molecule has 0 radical (unpaired) electrons. The van der Waals surface area contributed by atoms with Crippen LogP contribution in [0.4, 0.5) is 4.39 Å². The first-order chi connectivity index (χ1) is 5.86. The summed E-state index contributed by atoms with van der Waals surface area (Å²) in [6, 6.07) is 3.71. The Balaban J connectivity index is 2.21. The zero-order valence-corrected chi connectivity index (χ0v) is 6.76. The predicted molar refractivity (Wildman–Crippen MR) is 44.2 cm³/mol. The highest BCUT2D eigenvalue weighted by atomic mass is 19.1. The van der Waals surface area contributed by atoms with Crippen molar-refractivity contribution in [3.8, 4) is 0 Å². The smallest absolute Gasteiger partial charge is 0.213 e. The molecule has 0 amide bonds. The number of hydrogen-bond donors (Lipinski definition) is 1. The van der Waals surface area contributed by atoms with E-state index in [2.05, 4.69) is 10.3 Å². The molecule has 1 fully saturated rings. The van der Waals surface area contributed by atoms with E-state index in [1.165, 1.54) is 18.7 Å². The minimum atomic E-state index is -0.388. The first-order valence-corrected chi connectivity index (χ1v) is 4.21. The number of nitrogens with zero attached hydrogens (tertiary/aromatic N) is 1.